The van der Waals surface area contributed by atoms with E-state index in [0.29, 0.717) is 21.3 Å². The molecule has 3 nitrogen and oxygen atoms in total. The van der Waals surface area contributed by atoms with Crippen LogP contribution in [-0.4, -0.2) is 28.0 Å². The Morgan fingerprint density at radius 3 is 2.33 bits per heavy atom. The molecular formula is C19H15NO2S2. The van der Waals surface area contributed by atoms with Crippen molar-refractivity contribution in [3.05, 3.63) is 76.2 Å². The van der Waals surface area contributed by atoms with E-state index >= 15 is 0 Å². The summed E-state index contributed by atoms with van der Waals surface area (Å²) < 4.78 is 0.590. The Balaban J connectivity index is 1.70. The second-order valence-electron chi connectivity index (χ2n) is 5.35. The molecule has 120 valence electrons. The van der Waals surface area contributed by atoms with Crippen molar-refractivity contribution in [3.63, 3.8) is 0 Å². The summed E-state index contributed by atoms with van der Waals surface area (Å²) in [6.45, 7) is 0.579. The van der Waals surface area contributed by atoms with Crippen LogP contribution in [0.15, 0.2) is 59.5 Å². The number of hydrogen-bond acceptors (Lipinski definition) is 4. The fourth-order valence-electron chi connectivity index (χ4n) is 2.40. The van der Waals surface area contributed by atoms with Gasteiger partial charge in [-0.2, -0.15) is 0 Å². The van der Waals surface area contributed by atoms with Gasteiger partial charge in [0.25, 0.3) is 5.91 Å². The molecule has 0 unspecified atom stereocenters. The highest BCUT2D eigenvalue weighted by Gasteiger charge is 2.31. The van der Waals surface area contributed by atoms with Crippen molar-refractivity contribution >= 4 is 46.6 Å². The lowest BCUT2D eigenvalue weighted by molar-refractivity contribution is -0.122. The third-order valence-electron chi connectivity index (χ3n) is 3.71. The van der Waals surface area contributed by atoms with Gasteiger partial charge in [0.05, 0.1) is 4.91 Å². The number of thioether (sulfide) groups is 1. The number of rotatable bonds is 5. The van der Waals surface area contributed by atoms with E-state index in [1.54, 1.807) is 17.0 Å². The molecule has 0 radical (unpaired) electrons. The fourth-order valence-corrected chi connectivity index (χ4v) is 3.71. The van der Waals surface area contributed by atoms with E-state index < -0.39 is 0 Å². The van der Waals surface area contributed by atoms with Gasteiger partial charge in [-0.1, -0.05) is 78.6 Å². The smallest absolute Gasteiger partial charge is 0.266 e. The minimum Gasteiger partial charge on any atom is -0.298 e. The van der Waals surface area contributed by atoms with Gasteiger partial charge in [-0.15, -0.1) is 0 Å². The van der Waals surface area contributed by atoms with E-state index in [1.807, 2.05) is 48.5 Å². The second-order valence-corrected chi connectivity index (χ2v) is 7.03. The average molecular weight is 353 g/mol. The maximum absolute atomic E-state index is 12.6. The molecule has 1 amide bonds. The molecule has 1 fully saturated rings. The Morgan fingerprint density at radius 2 is 1.67 bits per heavy atom. The van der Waals surface area contributed by atoms with Crippen molar-refractivity contribution in [2.45, 2.75) is 6.42 Å². The van der Waals surface area contributed by atoms with Crippen molar-refractivity contribution in [2.24, 2.45) is 0 Å². The summed E-state index contributed by atoms with van der Waals surface area (Å²) in [4.78, 5) is 25.5. The van der Waals surface area contributed by atoms with Crippen LogP contribution in [0.25, 0.3) is 6.08 Å². The Morgan fingerprint density at radius 1 is 1.00 bits per heavy atom. The first-order valence-electron chi connectivity index (χ1n) is 7.52. The maximum Gasteiger partial charge on any atom is 0.266 e. The number of carbonyl (C=O) groups excluding carboxylic acids is 2. The highest BCUT2D eigenvalue weighted by Crippen LogP contribution is 2.32. The molecule has 1 saturated heterocycles. The third kappa shape index (κ3) is 3.80. The van der Waals surface area contributed by atoms with Crippen molar-refractivity contribution in [1.82, 2.24) is 4.90 Å². The van der Waals surface area contributed by atoms with E-state index in [4.69, 9.17) is 12.2 Å². The number of thiocarbonyl (C=S) groups is 1. The van der Waals surface area contributed by atoms with Crippen molar-refractivity contribution in [1.29, 1.82) is 0 Å². The quantitative estimate of drug-likeness (QED) is 0.463. The van der Waals surface area contributed by atoms with E-state index in [-0.39, 0.29) is 5.91 Å². The average Bonchev–Trinajstić information content (AvgIpc) is 2.88. The Bertz CT molecular complexity index is 798. The number of benzene rings is 2. The molecule has 5 heteroatoms. The van der Waals surface area contributed by atoms with Gasteiger partial charge >= 0.3 is 0 Å². The van der Waals surface area contributed by atoms with Crippen LogP contribution in [0.1, 0.15) is 21.5 Å². The molecule has 3 rings (SSSR count). The normalized spacial score (nSPS) is 16.0. The zero-order valence-corrected chi connectivity index (χ0v) is 14.5. The maximum atomic E-state index is 12.6. The topological polar surface area (TPSA) is 37.4 Å². The summed E-state index contributed by atoms with van der Waals surface area (Å²) in [6.07, 6.45) is 3.39. The third-order valence-corrected chi connectivity index (χ3v) is 5.09. The van der Waals surface area contributed by atoms with E-state index in [2.05, 4.69) is 0 Å². The number of hydrogen-bond donors (Lipinski definition) is 0. The lowest BCUT2D eigenvalue weighted by Crippen LogP contribution is -2.30. The summed E-state index contributed by atoms with van der Waals surface area (Å²) >= 11 is 6.67. The summed E-state index contributed by atoms with van der Waals surface area (Å²) in [7, 11) is 0. The predicted octanol–water partition coefficient (Wildman–Crippen LogP) is 3.94. The number of aldehydes is 1. The van der Waals surface area contributed by atoms with Crippen LogP contribution in [-0.2, 0) is 11.2 Å². The van der Waals surface area contributed by atoms with Crippen molar-refractivity contribution < 1.29 is 9.59 Å². The Hall–Kier alpha value is -2.24. The van der Waals surface area contributed by atoms with Gasteiger partial charge in [-0.25, -0.2) is 0 Å². The summed E-state index contributed by atoms with van der Waals surface area (Å²) in [5.74, 6) is -0.0552. The Kier molecular flexibility index (Phi) is 5.23. The monoisotopic (exact) mass is 353 g/mol. The van der Waals surface area contributed by atoms with Gasteiger partial charge in [-0.3, -0.25) is 14.5 Å². The van der Waals surface area contributed by atoms with Crippen LogP contribution < -0.4 is 0 Å². The summed E-state index contributed by atoms with van der Waals surface area (Å²) in [5.41, 5.74) is 2.67. The summed E-state index contributed by atoms with van der Waals surface area (Å²) in [6, 6.07) is 17.1. The molecule has 0 aromatic heterocycles. The molecular weight excluding hydrogens is 338 g/mol. The Labute approximate surface area is 150 Å². The first-order valence-corrected chi connectivity index (χ1v) is 8.74. The van der Waals surface area contributed by atoms with Crippen LogP contribution in [0.5, 0.6) is 0 Å². The molecule has 2 aromatic carbocycles. The van der Waals surface area contributed by atoms with Gasteiger partial charge < -0.3 is 0 Å². The molecule has 0 spiro atoms. The van der Waals surface area contributed by atoms with Crippen LogP contribution >= 0.6 is 24.0 Å². The number of nitrogens with zero attached hydrogens (tertiary/aromatic N) is 1. The molecule has 2 aromatic rings. The highest BCUT2D eigenvalue weighted by molar-refractivity contribution is 8.26. The molecule has 0 saturated carbocycles. The molecule has 1 heterocycles. The predicted molar refractivity (Wildman–Crippen MR) is 102 cm³/mol. The molecule has 1 aliphatic heterocycles. The van der Waals surface area contributed by atoms with Crippen molar-refractivity contribution in [3.8, 4) is 0 Å². The fraction of sp³-hybridized carbons (Fsp3) is 0.105. The molecule has 0 N–H and O–H groups in total. The molecule has 1 aliphatic rings. The molecule has 0 atom stereocenters. The van der Waals surface area contributed by atoms with Gasteiger partial charge in [-0.05, 0) is 23.6 Å². The molecule has 0 aliphatic carbocycles. The largest absolute Gasteiger partial charge is 0.298 e. The lowest BCUT2D eigenvalue weighted by Gasteiger charge is -2.14. The first-order chi connectivity index (χ1) is 11.7. The van der Waals surface area contributed by atoms with Gasteiger partial charge in [0.2, 0.25) is 0 Å². The van der Waals surface area contributed by atoms with Crippen LogP contribution in [0.2, 0.25) is 0 Å². The number of carbonyl (C=O) groups is 2. The van der Waals surface area contributed by atoms with E-state index in [9.17, 15) is 9.59 Å². The summed E-state index contributed by atoms with van der Waals surface area (Å²) in [5, 5.41) is 0. The van der Waals surface area contributed by atoms with Crippen LogP contribution in [0.4, 0.5) is 0 Å². The van der Waals surface area contributed by atoms with Crippen molar-refractivity contribution in [2.75, 3.05) is 6.54 Å². The zero-order valence-electron chi connectivity index (χ0n) is 12.8. The van der Waals surface area contributed by atoms with E-state index in [0.717, 1.165) is 18.3 Å². The van der Waals surface area contributed by atoms with Gasteiger partial charge in [0.1, 0.15) is 10.6 Å². The standard InChI is InChI=1S/C19H15NO2S2/c21-13-16-8-6-15(7-9-16)12-17-18(22)20(19(23)24-17)11-10-14-4-2-1-3-5-14/h1-9,12-13H,10-11H2. The van der Waals surface area contributed by atoms with Crippen LogP contribution in [0, 0.1) is 0 Å². The number of amides is 1. The zero-order chi connectivity index (χ0) is 16.9. The molecule has 0 bridgehead atoms. The highest BCUT2D eigenvalue weighted by atomic mass is 32.2. The van der Waals surface area contributed by atoms with Gasteiger partial charge in [0.15, 0.2) is 0 Å². The van der Waals surface area contributed by atoms with Gasteiger partial charge in [0, 0.05) is 12.1 Å². The lowest BCUT2D eigenvalue weighted by atomic mass is 10.1. The van der Waals surface area contributed by atoms with E-state index in [1.165, 1.54) is 17.3 Å². The minimum atomic E-state index is -0.0552. The SMILES string of the molecule is O=Cc1ccc(C=C2SC(=S)N(CCc3ccccc3)C2=O)cc1. The first kappa shape index (κ1) is 16.6. The molecule has 24 heavy (non-hydrogen) atoms. The van der Waals surface area contributed by atoms with Crippen LogP contribution in [0.3, 0.4) is 0 Å². The second kappa shape index (κ2) is 7.55. The minimum absolute atomic E-state index is 0.0552.